The fourth-order valence-electron chi connectivity index (χ4n) is 2.97. The van der Waals surface area contributed by atoms with Crippen molar-refractivity contribution in [3.63, 3.8) is 0 Å². The van der Waals surface area contributed by atoms with Gasteiger partial charge in [0.1, 0.15) is 0 Å². The number of pyridine rings is 1. The summed E-state index contributed by atoms with van der Waals surface area (Å²) in [6, 6.07) is 10.2. The summed E-state index contributed by atoms with van der Waals surface area (Å²) in [5.74, 6) is 0.253. The summed E-state index contributed by atoms with van der Waals surface area (Å²) in [7, 11) is 0. The number of hydrogen-bond donors (Lipinski definition) is 0. The topological polar surface area (TPSA) is 36.4 Å². The molecule has 1 saturated heterocycles. The SMILES string of the molecule is Cc1cccc(CN2CCCN(C(=O)Cc3cccs3)CC2)n1. The van der Waals surface area contributed by atoms with Crippen molar-refractivity contribution in [3.8, 4) is 0 Å². The van der Waals surface area contributed by atoms with Gasteiger partial charge in [0.25, 0.3) is 0 Å². The third kappa shape index (κ3) is 4.62. The Morgan fingerprint density at radius 1 is 1.17 bits per heavy atom. The van der Waals surface area contributed by atoms with Crippen LogP contribution >= 0.6 is 11.3 Å². The molecular weight excluding hydrogens is 306 g/mol. The van der Waals surface area contributed by atoms with E-state index in [2.05, 4.69) is 22.0 Å². The zero-order valence-corrected chi connectivity index (χ0v) is 14.4. The Hall–Kier alpha value is -1.72. The molecular formula is C18H23N3OS. The molecule has 0 N–H and O–H groups in total. The third-order valence-electron chi connectivity index (χ3n) is 4.18. The molecule has 1 aliphatic heterocycles. The summed E-state index contributed by atoms with van der Waals surface area (Å²) in [6.45, 7) is 6.52. The summed E-state index contributed by atoms with van der Waals surface area (Å²) < 4.78 is 0. The predicted molar refractivity (Wildman–Crippen MR) is 93.5 cm³/mol. The Morgan fingerprint density at radius 2 is 2.09 bits per heavy atom. The van der Waals surface area contributed by atoms with E-state index in [-0.39, 0.29) is 5.91 Å². The molecule has 3 heterocycles. The molecule has 0 bridgehead atoms. The summed E-state index contributed by atoms with van der Waals surface area (Å²) in [4.78, 5) is 22.6. The molecule has 2 aromatic rings. The Bertz CT molecular complexity index is 641. The van der Waals surface area contributed by atoms with Crippen LogP contribution in [-0.2, 0) is 17.8 Å². The molecule has 4 nitrogen and oxygen atoms in total. The van der Waals surface area contributed by atoms with Crippen LogP contribution in [0.15, 0.2) is 35.7 Å². The minimum absolute atomic E-state index is 0.253. The molecule has 5 heteroatoms. The molecule has 1 fully saturated rings. The first-order chi connectivity index (χ1) is 11.2. The van der Waals surface area contributed by atoms with Gasteiger partial charge in [0.15, 0.2) is 0 Å². The van der Waals surface area contributed by atoms with E-state index in [1.807, 2.05) is 35.4 Å². The molecule has 0 unspecified atom stereocenters. The number of hydrogen-bond acceptors (Lipinski definition) is 4. The Balaban J connectivity index is 1.53. The highest BCUT2D eigenvalue weighted by atomic mass is 32.1. The quantitative estimate of drug-likeness (QED) is 0.865. The summed E-state index contributed by atoms with van der Waals surface area (Å²) in [5.41, 5.74) is 2.17. The lowest BCUT2D eigenvalue weighted by molar-refractivity contribution is -0.130. The van der Waals surface area contributed by atoms with E-state index in [9.17, 15) is 4.79 Å². The standard InChI is InChI=1S/C18H23N3OS/c1-15-5-2-6-16(19-15)14-20-8-4-9-21(11-10-20)18(22)13-17-7-3-12-23-17/h2-3,5-7,12H,4,8-11,13-14H2,1H3. The van der Waals surface area contributed by atoms with E-state index < -0.39 is 0 Å². The Labute approximate surface area is 141 Å². The summed E-state index contributed by atoms with van der Waals surface area (Å²) >= 11 is 1.66. The third-order valence-corrected chi connectivity index (χ3v) is 5.05. The molecule has 2 aromatic heterocycles. The first-order valence-corrected chi connectivity index (χ1v) is 9.04. The zero-order valence-electron chi connectivity index (χ0n) is 13.6. The van der Waals surface area contributed by atoms with Gasteiger partial charge in [-0.25, -0.2) is 0 Å². The number of carbonyl (C=O) groups excluding carboxylic acids is 1. The number of nitrogens with zero attached hydrogens (tertiary/aromatic N) is 3. The van der Waals surface area contributed by atoms with E-state index in [1.165, 1.54) is 0 Å². The van der Waals surface area contributed by atoms with Crippen LogP contribution in [0.4, 0.5) is 0 Å². The highest BCUT2D eigenvalue weighted by Gasteiger charge is 2.19. The number of amides is 1. The molecule has 122 valence electrons. The Kier molecular flexibility index (Phi) is 5.41. The van der Waals surface area contributed by atoms with E-state index in [0.717, 1.165) is 55.4 Å². The van der Waals surface area contributed by atoms with Gasteiger partial charge < -0.3 is 4.90 Å². The van der Waals surface area contributed by atoms with Crippen LogP contribution in [0.2, 0.25) is 0 Å². The van der Waals surface area contributed by atoms with Crippen LogP contribution in [0, 0.1) is 6.92 Å². The number of aryl methyl sites for hydroxylation is 1. The monoisotopic (exact) mass is 329 g/mol. The lowest BCUT2D eigenvalue weighted by Crippen LogP contribution is -2.36. The van der Waals surface area contributed by atoms with Gasteiger partial charge in [0.2, 0.25) is 5.91 Å². The van der Waals surface area contributed by atoms with Crippen LogP contribution in [-0.4, -0.2) is 46.9 Å². The minimum Gasteiger partial charge on any atom is -0.341 e. The molecule has 0 atom stereocenters. The normalized spacial score (nSPS) is 16.3. The fourth-order valence-corrected chi connectivity index (χ4v) is 3.66. The largest absolute Gasteiger partial charge is 0.341 e. The average molecular weight is 329 g/mol. The number of rotatable bonds is 4. The van der Waals surface area contributed by atoms with Crippen LogP contribution in [0.5, 0.6) is 0 Å². The molecule has 0 radical (unpaired) electrons. The van der Waals surface area contributed by atoms with Crippen molar-refractivity contribution in [2.45, 2.75) is 26.3 Å². The second kappa shape index (κ2) is 7.70. The molecule has 0 aromatic carbocycles. The highest BCUT2D eigenvalue weighted by molar-refractivity contribution is 7.10. The summed E-state index contributed by atoms with van der Waals surface area (Å²) in [5, 5.41) is 2.03. The van der Waals surface area contributed by atoms with E-state index in [0.29, 0.717) is 6.42 Å². The molecule has 1 aliphatic rings. The first-order valence-electron chi connectivity index (χ1n) is 8.16. The molecule has 0 saturated carbocycles. The van der Waals surface area contributed by atoms with Crippen LogP contribution in [0.1, 0.15) is 22.7 Å². The molecule has 1 amide bonds. The lowest BCUT2D eigenvalue weighted by Gasteiger charge is -2.21. The van der Waals surface area contributed by atoms with Gasteiger partial charge in [-0.1, -0.05) is 12.1 Å². The van der Waals surface area contributed by atoms with Crippen molar-refractivity contribution in [1.82, 2.24) is 14.8 Å². The zero-order chi connectivity index (χ0) is 16.1. The van der Waals surface area contributed by atoms with Crippen LogP contribution in [0.25, 0.3) is 0 Å². The summed E-state index contributed by atoms with van der Waals surface area (Å²) in [6.07, 6.45) is 1.57. The van der Waals surface area contributed by atoms with E-state index in [1.54, 1.807) is 11.3 Å². The molecule has 3 rings (SSSR count). The second-order valence-electron chi connectivity index (χ2n) is 6.04. The highest BCUT2D eigenvalue weighted by Crippen LogP contribution is 2.13. The number of carbonyl (C=O) groups is 1. The van der Waals surface area contributed by atoms with Gasteiger partial charge >= 0.3 is 0 Å². The average Bonchev–Trinajstić information content (AvgIpc) is 2.92. The lowest BCUT2D eigenvalue weighted by atomic mass is 10.3. The minimum atomic E-state index is 0.253. The Morgan fingerprint density at radius 3 is 2.87 bits per heavy atom. The predicted octanol–water partition coefficient (Wildman–Crippen LogP) is 2.73. The van der Waals surface area contributed by atoms with Crippen molar-refractivity contribution in [2.75, 3.05) is 26.2 Å². The fraction of sp³-hybridized carbons (Fsp3) is 0.444. The molecule has 23 heavy (non-hydrogen) atoms. The van der Waals surface area contributed by atoms with Gasteiger partial charge in [-0.2, -0.15) is 0 Å². The van der Waals surface area contributed by atoms with Crippen molar-refractivity contribution < 1.29 is 4.79 Å². The van der Waals surface area contributed by atoms with Crippen molar-refractivity contribution in [1.29, 1.82) is 0 Å². The maximum atomic E-state index is 12.4. The van der Waals surface area contributed by atoms with Gasteiger partial charge in [0.05, 0.1) is 12.1 Å². The molecule has 0 spiro atoms. The van der Waals surface area contributed by atoms with Crippen molar-refractivity contribution in [2.24, 2.45) is 0 Å². The number of aromatic nitrogens is 1. The van der Waals surface area contributed by atoms with Gasteiger partial charge in [-0.05, 0) is 36.9 Å². The van der Waals surface area contributed by atoms with Gasteiger partial charge in [0, 0.05) is 43.3 Å². The van der Waals surface area contributed by atoms with Crippen LogP contribution < -0.4 is 0 Å². The number of thiophene rings is 1. The van der Waals surface area contributed by atoms with Gasteiger partial charge in [-0.15, -0.1) is 11.3 Å². The van der Waals surface area contributed by atoms with Crippen LogP contribution in [0.3, 0.4) is 0 Å². The maximum absolute atomic E-state index is 12.4. The maximum Gasteiger partial charge on any atom is 0.227 e. The van der Waals surface area contributed by atoms with Crippen molar-refractivity contribution >= 4 is 17.2 Å². The van der Waals surface area contributed by atoms with E-state index in [4.69, 9.17) is 0 Å². The van der Waals surface area contributed by atoms with Crippen molar-refractivity contribution in [3.05, 3.63) is 52.0 Å². The second-order valence-corrected chi connectivity index (χ2v) is 7.07. The van der Waals surface area contributed by atoms with Gasteiger partial charge in [-0.3, -0.25) is 14.7 Å². The smallest absolute Gasteiger partial charge is 0.227 e. The van der Waals surface area contributed by atoms with E-state index >= 15 is 0 Å². The molecule has 0 aliphatic carbocycles. The first kappa shape index (κ1) is 16.1.